The first kappa shape index (κ1) is 15.6. The molecule has 1 rings (SSSR count). The lowest BCUT2D eigenvalue weighted by molar-refractivity contribution is -0.115. The molecule has 1 atom stereocenters. The Balaban J connectivity index is 2.83. The van der Waals surface area contributed by atoms with Crippen molar-refractivity contribution in [2.24, 2.45) is 5.73 Å². The largest absolute Gasteiger partial charge is 0.329 e. The predicted octanol–water partition coefficient (Wildman–Crippen LogP) is 0.661. The van der Waals surface area contributed by atoms with Crippen molar-refractivity contribution in [3.63, 3.8) is 0 Å². The number of hydrogen-bond donors (Lipinski definition) is 3. The van der Waals surface area contributed by atoms with Crippen molar-refractivity contribution < 1.29 is 13.2 Å². The normalized spacial score (nSPS) is 13.0. The molecule has 0 unspecified atom stereocenters. The maximum Gasteiger partial charge on any atom is 0.240 e. The van der Waals surface area contributed by atoms with Crippen molar-refractivity contribution in [3.8, 4) is 0 Å². The van der Waals surface area contributed by atoms with Gasteiger partial charge in [0.2, 0.25) is 15.9 Å². The third-order valence-electron chi connectivity index (χ3n) is 2.48. The zero-order chi connectivity index (χ0) is 14.5. The van der Waals surface area contributed by atoms with Gasteiger partial charge in [-0.25, -0.2) is 13.1 Å². The van der Waals surface area contributed by atoms with Gasteiger partial charge in [0.1, 0.15) is 0 Å². The van der Waals surface area contributed by atoms with E-state index in [9.17, 15) is 13.2 Å². The molecule has 4 N–H and O–H groups in total. The lowest BCUT2D eigenvalue weighted by Gasteiger charge is -2.12. The third kappa shape index (κ3) is 4.62. The average Bonchev–Trinajstić information content (AvgIpc) is 2.38. The molecule has 0 spiro atoms. The van der Waals surface area contributed by atoms with E-state index >= 15 is 0 Å². The van der Waals surface area contributed by atoms with Gasteiger partial charge in [-0.1, -0.05) is 6.92 Å². The fourth-order valence-corrected chi connectivity index (χ4v) is 2.60. The number of benzene rings is 1. The van der Waals surface area contributed by atoms with Crippen molar-refractivity contribution in [3.05, 3.63) is 24.3 Å². The molecule has 0 heterocycles. The van der Waals surface area contributed by atoms with Crippen LogP contribution in [-0.2, 0) is 14.8 Å². The van der Waals surface area contributed by atoms with Crippen molar-refractivity contribution >= 4 is 21.6 Å². The Morgan fingerprint density at radius 2 is 1.89 bits per heavy atom. The summed E-state index contributed by atoms with van der Waals surface area (Å²) in [6, 6.07) is 5.66. The molecule has 0 saturated heterocycles. The highest BCUT2D eigenvalue weighted by atomic mass is 32.2. The minimum Gasteiger partial charge on any atom is -0.329 e. The lowest BCUT2D eigenvalue weighted by atomic mass is 10.3. The molecular weight excluding hydrogens is 266 g/mol. The number of nitrogens with one attached hydrogen (secondary N) is 2. The Morgan fingerprint density at radius 1 is 1.32 bits per heavy atom. The molecule has 1 aromatic carbocycles. The molecule has 6 nitrogen and oxygen atoms in total. The van der Waals surface area contributed by atoms with Crippen LogP contribution in [0.2, 0.25) is 0 Å². The minimum atomic E-state index is -3.57. The van der Waals surface area contributed by atoms with E-state index in [0.29, 0.717) is 12.1 Å². The minimum absolute atomic E-state index is 0.120. The summed E-state index contributed by atoms with van der Waals surface area (Å²) in [5.74, 6) is -0.120. The molecule has 1 amide bonds. The Hall–Kier alpha value is -1.44. The number of carbonyl (C=O) groups is 1. The van der Waals surface area contributed by atoms with E-state index in [1.165, 1.54) is 12.1 Å². The van der Waals surface area contributed by atoms with Crippen LogP contribution in [0, 0.1) is 0 Å². The quantitative estimate of drug-likeness (QED) is 0.714. The van der Waals surface area contributed by atoms with Gasteiger partial charge in [-0.2, -0.15) is 0 Å². The molecule has 0 aliphatic carbocycles. The van der Waals surface area contributed by atoms with Crippen LogP contribution in [-0.4, -0.2) is 26.9 Å². The molecule has 1 aromatic rings. The van der Waals surface area contributed by atoms with Gasteiger partial charge in [0.25, 0.3) is 0 Å². The lowest BCUT2D eigenvalue weighted by Crippen LogP contribution is -2.37. The fourth-order valence-electron chi connectivity index (χ4n) is 1.35. The highest BCUT2D eigenvalue weighted by Crippen LogP contribution is 2.14. The van der Waals surface area contributed by atoms with Gasteiger partial charge in [-0.3, -0.25) is 4.79 Å². The average molecular weight is 285 g/mol. The third-order valence-corrected chi connectivity index (χ3v) is 4.08. The van der Waals surface area contributed by atoms with E-state index in [0.717, 1.165) is 0 Å². The number of hydrogen-bond acceptors (Lipinski definition) is 4. The number of anilines is 1. The Kier molecular flexibility index (Phi) is 5.46. The van der Waals surface area contributed by atoms with Crippen LogP contribution in [0.25, 0.3) is 0 Å². The Morgan fingerprint density at radius 3 is 2.37 bits per heavy atom. The maximum absolute atomic E-state index is 11.9. The standard InChI is InChI=1S/C12H19N3O3S/c1-3-12(16)14-10-4-6-11(7-5-10)19(17,18)15-9(2)8-13/h4-7,9,15H,3,8,13H2,1-2H3,(H,14,16)/t9-/m0/s1. The molecule has 106 valence electrons. The smallest absolute Gasteiger partial charge is 0.240 e. The molecule has 0 aliphatic rings. The first-order valence-electron chi connectivity index (χ1n) is 6.01. The molecule has 0 radical (unpaired) electrons. The molecular formula is C12H19N3O3S. The zero-order valence-corrected chi connectivity index (χ0v) is 11.8. The summed E-state index contributed by atoms with van der Waals surface area (Å²) < 4.78 is 26.3. The van der Waals surface area contributed by atoms with Gasteiger partial charge in [-0.05, 0) is 31.2 Å². The summed E-state index contributed by atoms with van der Waals surface area (Å²) >= 11 is 0. The second-order valence-electron chi connectivity index (χ2n) is 4.18. The Bertz CT molecular complexity index is 526. The number of carbonyl (C=O) groups excluding carboxylic acids is 1. The van der Waals surface area contributed by atoms with Crippen LogP contribution in [0.5, 0.6) is 0 Å². The monoisotopic (exact) mass is 285 g/mol. The molecule has 0 aliphatic heterocycles. The highest BCUT2D eigenvalue weighted by Gasteiger charge is 2.16. The zero-order valence-electron chi connectivity index (χ0n) is 11.0. The summed E-state index contributed by atoms with van der Waals surface area (Å²) in [5, 5.41) is 2.65. The van der Waals surface area contributed by atoms with Crippen LogP contribution >= 0.6 is 0 Å². The summed E-state index contributed by atoms with van der Waals surface area (Å²) in [5.41, 5.74) is 5.94. The van der Waals surface area contributed by atoms with Crippen LogP contribution in [0.3, 0.4) is 0 Å². The van der Waals surface area contributed by atoms with Gasteiger partial charge in [0.05, 0.1) is 4.90 Å². The molecule has 0 fully saturated rings. The SMILES string of the molecule is CCC(=O)Nc1ccc(S(=O)(=O)N[C@@H](C)CN)cc1. The molecule has 19 heavy (non-hydrogen) atoms. The molecule has 7 heteroatoms. The van der Waals surface area contributed by atoms with Crippen molar-refractivity contribution in [1.82, 2.24) is 4.72 Å². The number of rotatable bonds is 6. The topological polar surface area (TPSA) is 101 Å². The van der Waals surface area contributed by atoms with E-state index in [1.807, 2.05) is 0 Å². The molecule has 0 saturated carbocycles. The van der Waals surface area contributed by atoms with Crippen LogP contribution in [0.1, 0.15) is 20.3 Å². The van der Waals surface area contributed by atoms with Crippen LogP contribution < -0.4 is 15.8 Å². The molecule has 0 bridgehead atoms. The Labute approximate surface area is 113 Å². The van der Waals surface area contributed by atoms with Crippen LogP contribution in [0.4, 0.5) is 5.69 Å². The maximum atomic E-state index is 11.9. The first-order chi connectivity index (χ1) is 8.89. The highest BCUT2D eigenvalue weighted by molar-refractivity contribution is 7.89. The number of sulfonamides is 1. The van der Waals surface area contributed by atoms with Gasteiger partial charge in [0.15, 0.2) is 0 Å². The summed E-state index contributed by atoms with van der Waals surface area (Å²) in [4.78, 5) is 11.3. The summed E-state index contributed by atoms with van der Waals surface area (Å²) in [7, 11) is -3.57. The van der Waals surface area contributed by atoms with E-state index in [1.54, 1.807) is 26.0 Å². The van der Waals surface area contributed by atoms with Gasteiger partial charge < -0.3 is 11.1 Å². The second-order valence-corrected chi connectivity index (χ2v) is 5.90. The predicted molar refractivity (Wildman–Crippen MR) is 74.2 cm³/mol. The van der Waals surface area contributed by atoms with E-state index < -0.39 is 10.0 Å². The first-order valence-corrected chi connectivity index (χ1v) is 7.49. The van der Waals surface area contributed by atoms with Crippen LogP contribution in [0.15, 0.2) is 29.2 Å². The van der Waals surface area contributed by atoms with Crippen molar-refractivity contribution in [1.29, 1.82) is 0 Å². The molecule has 0 aromatic heterocycles. The second kappa shape index (κ2) is 6.65. The summed E-state index contributed by atoms with van der Waals surface area (Å²) in [6.07, 6.45) is 0.371. The van der Waals surface area contributed by atoms with E-state index in [-0.39, 0.29) is 23.4 Å². The number of nitrogens with two attached hydrogens (primary N) is 1. The van der Waals surface area contributed by atoms with Gasteiger partial charge in [-0.15, -0.1) is 0 Å². The summed E-state index contributed by atoms with van der Waals surface area (Å²) in [6.45, 7) is 3.66. The van der Waals surface area contributed by atoms with E-state index in [2.05, 4.69) is 10.0 Å². The van der Waals surface area contributed by atoms with Crippen molar-refractivity contribution in [2.75, 3.05) is 11.9 Å². The number of amides is 1. The van der Waals surface area contributed by atoms with E-state index in [4.69, 9.17) is 5.73 Å². The van der Waals surface area contributed by atoms with Gasteiger partial charge >= 0.3 is 0 Å². The van der Waals surface area contributed by atoms with Gasteiger partial charge in [0, 0.05) is 24.7 Å². The van der Waals surface area contributed by atoms with Crippen molar-refractivity contribution in [2.45, 2.75) is 31.2 Å². The fraction of sp³-hybridized carbons (Fsp3) is 0.417.